The van der Waals surface area contributed by atoms with Crippen LogP contribution in [0.25, 0.3) is 44.7 Å². The first-order valence-corrected chi connectivity index (χ1v) is 24.3. The summed E-state index contributed by atoms with van der Waals surface area (Å²) in [4.78, 5) is 62.3. The van der Waals surface area contributed by atoms with Crippen molar-refractivity contribution in [3.8, 4) is 39.5 Å². The van der Waals surface area contributed by atoms with Gasteiger partial charge in [0.2, 0.25) is 12.1 Å². The Hall–Kier alpha value is -6.16. The molecule has 2 saturated heterocycles. The van der Waals surface area contributed by atoms with Crippen molar-refractivity contribution in [1.82, 2.24) is 39.6 Å². The lowest BCUT2D eigenvalue weighted by atomic mass is 9.95. The van der Waals surface area contributed by atoms with Crippen LogP contribution in [0.4, 0.5) is 14.0 Å². The van der Waals surface area contributed by atoms with Crippen LogP contribution in [0.2, 0.25) is 0 Å². The first-order chi connectivity index (χ1) is 31.9. The van der Waals surface area contributed by atoms with Gasteiger partial charge in [0, 0.05) is 39.5 Å². The second-order valence-electron chi connectivity index (χ2n) is 21.0. The van der Waals surface area contributed by atoms with Crippen LogP contribution in [0.3, 0.4) is 0 Å². The molecule has 0 spiro atoms. The summed E-state index contributed by atoms with van der Waals surface area (Å²) in [5.74, 6) is 1.72. The van der Waals surface area contributed by atoms with Gasteiger partial charge in [-0.15, -0.1) is 11.3 Å². The molecule has 0 bridgehead atoms. The van der Waals surface area contributed by atoms with Crippen LogP contribution in [-0.2, 0) is 19.8 Å². The monoisotopic (exact) mass is 928 g/mol. The first kappa shape index (κ1) is 43.4. The number of rotatable bonds is 9. The Labute approximate surface area is 392 Å². The number of ether oxygens (including phenoxy) is 3. The third kappa shape index (κ3) is 7.28. The highest BCUT2D eigenvalue weighted by molar-refractivity contribution is 7.12. The number of thiophene rings is 1. The molecule has 2 aromatic carbocycles. The van der Waals surface area contributed by atoms with E-state index in [1.54, 1.807) is 23.7 Å². The molecule has 350 valence electrons. The number of piperidine rings is 1. The van der Waals surface area contributed by atoms with Crippen molar-refractivity contribution in [3.05, 3.63) is 88.1 Å². The van der Waals surface area contributed by atoms with Crippen molar-refractivity contribution in [1.29, 1.82) is 0 Å². The Bertz CT molecular complexity index is 2980. The number of hydrogen-bond acceptors (Lipinski definition) is 9. The molecule has 4 aromatic heterocycles. The van der Waals surface area contributed by atoms with Gasteiger partial charge in [0.15, 0.2) is 5.82 Å². The average molecular weight is 929 g/mol. The lowest BCUT2D eigenvalue weighted by Crippen LogP contribution is -2.55. The fourth-order valence-electron chi connectivity index (χ4n) is 10.8. The standard InChI is InChI=1S/C51H57FN8O6S/c1-26(2)41(57-47(62)64-8)44(61)58-19-9-18-51(58,7)46-54-25-33(56-46)29-12-14-30-36(21-29)65-45(38-17-16-37(67-38)27-10-11-27)60-34-15-13-28(20-31(34)40(52)42(30)60)32-24-53-43(55-32)35-22-50(6)23-39(50)59(35)48(63)66-49(3,4)5/h12-17,20-21,24-27,35,39,41,45H,9-11,18-19,22-23H2,1-8H3,(H,53,55)(H,54,56)(H,57,62)/t35-,39+,41?,45?,50-,51-/m0/s1. The fourth-order valence-corrected chi connectivity index (χ4v) is 12.0. The zero-order valence-electron chi connectivity index (χ0n) is 39.2. The van der Waals surface area contributed by atoms with Crippen LogP contribution in [0.5, 0.6) is 5.75 Å². The smallest absolute Gasteiger partial charge is 0.411 e. The number of methoxy groups -OCH3 is 1. The molecule has 6 aromatic rings. The second kappa shape index (κ2) is 15.4. The molecule has 2 aliphatic carbocycles. The number of amides is 3. The summed E-state index contributed by atoms with van der Waals surface area (Å²) in [6.07, 6.45) is 7.46. The van der Waals surface area contributed by atoms with Crippen LogP contribution in [0.1, 0.15) is 127 Å². The van der Waals surface area contributed by atoms with Gasteiger partial charge in [-0.05, 0) is 120 Å². The normalized spacial score (nSPS) is 24.6. The highest BCUT2D eigenvalue weighted by atomic mass is 32.1. The molecule has 3 amide bonds. The van der Waals surface area contributed by atoms with Crippen LogP contribution >= 0.6 is 11.3 Å². The highest BCUT2D eigenvalue weighted by Crippen LogP contribution is 2.63. The van der Waals surface area contributed by atoms with Crippen LogP contribution in [0.15, 0.2) is 60.9 Å². The molecule has 11 rings (SSSR count). The first-order valence-electron chi connectivity index (χ1n) is 23.5. The number of likely N-dealkylation sites (tertiary alicyclic amines) is 2. The predicted octanol–water partition coefficient (Wildman–Crippen LogP) is 10.8. The summed E-state index contributed by atoms with van der Waals surface area (Å²) >= 11 is 1.72. The third-order valence-corrected chi connectivity index (χ3v) is 16.0. The van der Waals surface area contributed by atoms with E-state index in [2.05, 4.69) is 34.3 Å². The number of imidazole rings is 2. The van der Waals surface area contributed by atoms with E-state index in [1.807, 2.05) is 92.3 Å². The molecular formula is C51H57FN8O6S. The maximum Gasteiger partial charge on any atom is 0.411 e. The van der Waals surface area contributed by atoms with E-state index in [4.69, 9.17) is 24.2 Å². The molecule has 14 nitrogen and oxygen atoms in total. The molecule has 6 atom stereocenters. The molecular weight excluding hydrogens is 872 g/mol. The zero-order valence-corrected chi connectivity index (χ0v) is 40.0. The minimum absolute atomic E-state index is 0.0304. The summed E-state index contributed by atoms with van der Waals surface area (Å²) in [5, 5.41) is 3.19. The number of benzene rings is 2. The number of aromatic nitrogens is 5. The average Bonchev–Trinajstić information content (AvgIpc) is 3.74. The Kier molecular flexibility index (Phi) is 10.0. The van der Waals surface area contributed by atoms with Gasteiger partial charge < -0.3 is 34.4 Å². The van der Waals surface area contributed by atoms with E-state index in [0.29, 0.717) is 58.4 Å². The summed E-state index contributed by atoms with van der Waals surface area (Å²) in [6.45, 7) is 14.2. The van der Waals surface area contributed by atoms with Crippen LogP contribution in [-0.4, -0.2) is 83.7 Å². The molecule has 4 fully saturated rings. The van der Waals surface area contributed by atoms with Crippen LogP contribution in [0, 0.1) is 17.2 Å². The van der Waals surface area contributed by atoms with Crippen LogP contribution < -0.4 is 10.1 Å². The van der Waals surface area contributed by atoms with Crippen molar-refractivity contribution >= 4 is 40.3 Å². The van der Waals surface area contributed by atoms with Crippen molar-refractivity contribution < 1.29 is 33.0 Å². The van der Waals surface area contributed by atoms with Gasteiger partial charge in [0.1, 0.15) is 29.0 Å². The molecule has 3 N–H and O–H groups in total. The number of alkyl carbamates (subject to hydrolysis) is 1. The Balaban J connectivity index is 0.930. The molecule has 5 aliphatic rings. The highest BCUT2D eigenvalue weighted by Gasteiger charge is 2.64. The third-order valence-electron chi connectivity index (χ3n) is 14.7. The fraction of sp³-hybridized carbons (Fsp3) is 0.471. The van der Waals surface area contributed by atoms with E-state index in [1.165, 1.54) is 24.8 Å². The van der Waals surface area contributed by atoms with Gasteiger partial charge in [0.05, 0.1) is 58.6 Å². The SMILES string of the molecule is COC(=O)NC(C(=O)N1CCC[C@@]1(C)c1ncc(-c2ccc3c(c2)OC(c2ccc(C4CC4)s2)n2c-3c(F)c3cc(-c4cnc([C@@H]5C[C@@]6(C)C[C@H]6N5C(=O)OC(C)(C)C)[nH]4)ccc32)[nH]1)C(C)C. The van der Waals surface area contributed by atoms with Crippen molar-refractivity contribution in [2.45, 2.75) is 128 Å². The Morgan fingerprint density at radius 3 is 2.45 bits per heavy atom. The Morgan fingerprint density at radius 1 is 0.970 bits per heavy atom. The number of nitrogens with one attached hydrogen (secondary N) is 3. The molecule has 2 saturated carbocycles. The maximum atomic E-state index is 17.4. The van der Waals surface area contributed by atoms with E-state index in [0.717, 1.165) is 46.7 Å². The Morgan fingerprint density at radius 2 is 1.70 bits per heavy atom. The van der Waals surface area contributed by atoms with Gasteiger partial charge >= 0.3 is 12.2 Å². The number of halogens is 1. The molecule has 3 aliphatic heterocycles. The minimum Gasteiger partial charge on any atom is -0.464 e. The molecule has 67 heavy (non-hydrogen) atoms. The van der Waals surface area contributed by atoms with Crippen molar-refractivity contribution in [2.24, 2.45) is 11.3 Å². The number of H-pyrrole nitrogens is 2. The second-order valence-corrected chi connectivity index (χ2v) is 22.1. The van der Waals surface area contributed by atoms with Gasteiger partial charge in [-0.1, -0.05) is 32.9 Å². The maximum absolute atomic E-state index is 17.4. The zero-order chi connectivity index (χ0) is 46.9. The van der Waals surface area contributed by atoms with Crippen molar-refractivity contribution in [2.75, 3.05) is 13.7 Å². The number of fused-ring (bicyclic) bond motifs is 6. The predicted molar refractivity (Wildman–Crippen MR) is 252 cm³/mol. The topological polar surface area (TPSA) is 160 Å². The lowest BCUT2D eigenvalue weighted by molar-refractivity contribution is -0.138. The van der Waals surface area contributed by atoms with Gasteiger partial charge in [-0.2, -0.15) is 0 Å². The summed E-state index contributed by atoms with van der Waals surface area (Å²) < 4.78 is 37.1. The minimum atomic E-state index is -0.760. The molecule has 2 unspecified atom stereocenters. The van der Waals surface area contributed by atoms with Crippen molar-refractivity contribution in [3.63, 3.8) is 0 Å². The molecule has 7 heterocycles. The summed E-state index contributed by atoms with van der Waals surface area (Å²) in [6, 6.07) is 15.0. The molecule has 0 radical (unpaired) electrons. The summed E-state index contributed by atoms with van der Waals surface area (Å²) in [5.41, 5.74) is 3.49. The quantitative estimate of drug-likeness (QED) is 0.129. The number of nitrogens with zero attached hydrogens (tertiary/aromatic N) is 5. The van der Waals surface area contributed by atoms with Gasteiger partial charge in [-0.3, -0.25) is 14.3 Å². The number of carbonyl (C=O) groups is 3. The van der Waals surface area contributed by atoms with Gasteiger partial charge in [-0.25, -0.2) is 23.9 Å². The van der Waals surface area contributed by atoms with E-state index in [-0.39, 0.29) is 41.2 Å². The largest absolute Gasteiger partial charge is 0.464 e. The lowest BCUT2D eigenvalue weighted by Gasteiger charge is -2.37. The van der Waals surface area contributed by atoms with E-state index in [9.17, 15) is 14.4 Å². The molecule has 16 heteroatoms. The van der Waals surface area contributed by atoms with Gasteiger partial charge in [0.25, 0.3) is 0 Å². The number of carbonyl (C=O) groups excluding carboxylic acids is 3. The van der Waals surface area contributed by atoms with E-state index >= 15 is 4.39 Å². The van der Waals surface area contributed by atoms with E-state index < -0.39 is 29.5 Å². The number of hydrogen-bond donors (Lipinski definition) is 3. The number of aromatic amines is 2. The summed E-state index contributed by atoms with van der Waals surface area (Å²) in [7, 11) is 1.28.